The van der Waals surface area contributed by atoms with E-state index in [1.165, 1.54) is 22.6 Å². The first-order valence-electron chi connectivity index (χ1n) is 11.0. The van der Waals surface area contributed by atoms with E-state index in [0.29, 0.717) is 11.5 Å². The molecule has 0 aliphatic carbocycles. The van der Waals surface area contributed by atoms with E-state index in [-0.39, 0.29) is 12.3 Å². The van der Waals surface area contributed by atoms with Crippen LogP contribution in [-0.2, 0) is 11.2 Å². The first-order valence-corrected chi connectivity index (χ1v) is 11.9. The number of methoxy groups -OCH3 is 2. The monoisotopic (exact) mass is 466 g/mol. The molecule has 0 bridgehead atoms. The zero-order valence-electron chi connectivity index (χ0n) is 19.6. The normalized spacial score (nSPS) is 14.2. The number of hydrogen-bond donors (Lipinski definition) is 1. The van der Waals surface area contributed by atoms with Gasteiger partial charge in [0.05, 0.1) is 26.3 Å². The molecule has 1 aliphatic heterocycles. The Kier molecular flexibility index (Phi) is 7.15. The molecule has 0 saturated carbocycles. The van der Waals surface area contributed by atoms with Crippen molar-refractivity contribution in [2.45, 2.75) is 13.3 Å². The lowest BCUT2D eigenvalue weighted by molar-refractivity contribution is -0.115. The van der Waals surface area contributed by atoms with E-state index in [4.69, 9.17) is 9.47 Å². The predicted octanol–water partition coefficient (Wildman–Crippen LogP) is 4.07. The third kappa shape index (κ3) is 5.46. The van der Waals surface area contributed by atoms with Gasteiger partial charge < -0.3 is 24.6 Å². The van der Waals surface area contributed by atoms with E-state index in [0.717, 1.165) is 48.1 Å². The van der Waals surface area contributed by atoms with E-state index in [9.17, 15) is 4.79 Å². The summed E-state index contributed by atoms with van der Waals surface area (Å²) >= 11 is 1.51. The number of nitrogens with zero attached hydrogens (tertiary/aromatic N) is 3. The van der Waals surface area contributed by atoms with Crippen molar-refractivity contribution < 1.29 is 14.3 Å². The standard InChI is InChI=1S/C25H30N4O3S/c1-17-13-19(6-7-21(17)29-11-9-28(2)10-12-29)26-24(30)15-20-16-33-25(27-20)18-5-8-22(31-3)23(14-18)32-4/h5-8,13-14,16H,9-12,15H2,1-4H3,(H,26,30). The van der Waals surface area contributed by atoms with Crippen LogP contribution in [0.2, 0.25) is 0 Å². The fourth-order valence-corrected chi connectivity index (χ4v) is 4.81. The van der Waals surface area contributed by atoms with Gasteiger partial charge in [-0.15, -0.1) is 11.3 Å². The van der Waals surface area contributed by atoms with Crippen molar-refractivity contribution in [1.82, 2.24) is 9.88 Å². The predicted molar refractivity (Wildman–Crippen MR) is 134 cm³/mol. The maximum Gasteiger partial charge on any atom is 0.230 e. The number of anilines is 2. The summed E-state index contributed by atoms with van der Waals surface area (Å²) in [6, 6.07) is 11.8. The summed E-state index contributed by atoms with van der Waals surface area (Å²) in [7, 11) is 5.37. The molecule has 3 aromatic rings. The molecule has 1 fully saturated rings. The lowest BCUT2D eigenvalue weighted by atomic mass is 10.1. The number of aromatic nitrogens is 1. The Labute approximate surface area is 199 Å². The number of carbonyl (C=O) groups is 1. The molecule has 8 heteroatoms. The molecular formula is C25H30N4O3S. The van der Waals surface area contributed by atoms with E-state index >= 15 is 0 Å². The molecule has 33 heavy (non-hydrogen) atoms. The van der Waals surface area contributed by atoms with Gasteiger partial charge in [0.2, 0.25) is 5.91 Å². The van der Waals surface area contributed by atoms with Gasteiger partial charge in [-0.05, 0) is 55.9 Å². The van der Waals surface area contributed by atoms with E-state index in [2.05, 4.69) is 40.1 Å². The summed E-state index contributed by atoms with van der Waals surface area (Å²) in [4.78, 5) is 22.0. The molecule has 0 unspecified atom stereocenters. The highest BCUT2D eigenvalue weighted by molar-refractivity contribution is 7.13. The van der Waals surface area contributed by atoms with Crippen LogP contribution >= 0.6 is 11.3 Å². The average Bonchev–Trinajstić information content (AvgIpc) is 3.27. The van der Waals surface area contributed by atoms with Crippen LogP contribution in [0.1, 0.15) is 11.3 Å². The van der Waals surface area contributed by atoms with Crippen molar-refractivity contribution >= 4 is 28.6 Å². The van der Waals surface area contributed by atoms with E-state index < -0.39 is 0 Å². The van der Waals surface area contributed by atoms with E-state index in [1.807, 2.05) is 35.7 Å². The summed E-state index contributed by atoms with van der Waals surface area (Å²) in [5.41, 5.74) is 4.89. The highest BCUT2D eigenvalue weighted by atomic mass is 32.1. The first kappa shape index (κ1) is 23.1. The number of piperazine rings is 1. The lowest BCUT2D eigenvalue weighted by Gasteiger charge is -2.35. The Morgan fingerprint density at radius 3 is 2.52 bits per heavy atom. The number of nitrogens with one attached hydrogen (secondary N) is 1. The molecule has 0 spiro atoms. The van der Waals surface area contributed by atoms with Crippen LogP contribution in [0.5, 0.6) is 11.5 Å². The van der Waals surface area contributed by atoms with Gasteiger partial charge >= 0.3 is 0 Å². The van der Waals surface area contributed by atoms with Gasteiger partial charge in [0.1, 0.15) is 5.01 Å². The van der Waals surface area contributed by atoms with Crippen molar-refractivity contribution in [1.29, 1.82) is 0 Å². The zero-order valence-corrected chi connectivity index (χ0v) is 20.4. The Balaban J connectivity index is 1.39. The number of likely N-dealkylation sites (N-methyl/N-ethyl adjacent to an activating group) is 1. The number of thiazole rings is 1. The minimum atomic E-state index is -0.0779. The number of amides is 1. The van der Waals surface area contributed by atoms with Crippen LogP contribution in [0.4, 0.5) is 11.4 Å². The summed E-state index contributed by atoms with van der Waals surface area (Å²) in [5.74, 6) is 1.25. The molecule has 7 nitrogen and oxygen atoms in total. The molecule has 1 aliphatic rings. The van der Waals surface area contributed by atoms with Crippen LogP contribution in [0.3, 0.4) is 0 Å². The van der Waals surface area contributed by atoms with Gasteiger partial charge in [-0.3, -0.25) is 4.79 Å². The van der Waals surface area contributed by atoms with Gasteiger partial charge in [-0.1, -0.05) is 0 Å². The number of rotatable bonds is 7. The molecule has 4 rings (SSSR count). The largest absolute Gasteiger partial charge is 0.493 e. The van der Waals surface area contributed by atoms with Crippen LogP contribution in [-0.4, -0.2) is 63.2 Å². The SMILES string of the molecule is COc1ccc(-c2nc(CC(=O)Nc3ccc(N4CCN(C)CC4)c(C)c3)cs2)cc1OC. The van der Waals surface area contributed by atoms with Gasteiger partial charge in [0.15, 0.2) is 11.5 Å². The fourth-order valence-electron chi connectivity index (χ4n) is 4.00. The minimum absolute atomic E-state index is 0.0779. The van der Waals surface area contributed by atoms with Crippen LogP contribution in [0.25, 0.3) is 10.6 Å². The van der Waals surface area contributed by atoms with Crippen molar-refractivity contribution in [2.75, 3.05) is 57.7 Å². The third-order valence-corrected chi connectivity index (χ3v) is 6.79. The molecule has 174 valence electrons. The number of carbonyl (C=O) groups excluding carboxylic acids is 1. The van der Waals surface area contributed by atoms with Crippen LogP contribution < -0.4 is 19.7 Å². The van der Waals surface area contributed by atoms with Gasteiger partial charge in [0, 0.05) is 48.5 Å². The molecule has 1 amide bonds. The maximum absolute atomic E-state index is 12.6. The molecule has 0 radical (unpaired) electrons. The molecule has 2 heterocycles. The number of ether oxygens (including phenoxy) is 2. The quantitative estimate of drug-likeness (QED) is 0.566. The highest BCUT2D eigenvalue weighted by Gasteiger charge is 2.17. The Morgan fingerprint density at radius 2 is 1.82 bits per heavy atom. The molecular weight excluding hydrogens is 436 g/mol. The third-order valence-electron chi connectivity index (χ3n) is 5.85. The molecule has 1 saturated heterocycles. The Morgan fingerprint density at radius 1 is 1.06 bits per heavy atom. The second kappa shape index (κ2) is 10.2. The van der Waals surface area contributed by atoms with Gasteiger partial charge in [-0.2, -0.15) is 0 Å². The lowest BCUT2D eigenvalue weighted by Crippen LogP contribution is -2.44. The topological polar surface area (TPSA) is 66.9 Å². The number of benzene rings is 2. The molecule has 2 aromatic carbocycles. The first-order chi connectivity index (χ1) is 16.0. The number of hydrogen-bond acceptors (Lipinski definition) is 7. The second-order valence-corrected chi connectivity index (χ2v) is 9.09. The van der Waals surface area contributed by atoms with Crippen molar-refractivity contribution in [3.05, 3.63) is 53.0 Å². The van der Waals surface area contributed by atoms with Crippen LogP contribution in [0, 0.1) is 6.92 Å². The maximum atomic E-state index is 12.6. The second-order valence-electron chi connectivity index (χ2n) is 8.23. The molecule has 0 atom stereocenters. The highest BCUT2D eigenvalue weighted by Crippen LogP contribution is 2.33. The summed E-state index contributed by atoms with van der Waals surface area (Å²) in [6.45, 7) is 6.28. The Bertz CT molecular complexity index is 1120. The summed E-state index contributed by atoms with van der Waals surface area (Å²) < 4.78 is 10.7. The Hall–Kier alpha value is -3.10. The summed E-state index contributed by atoms with van der Waals surface area (Å²) in [5, 5.41) is 5.78. The van der Waals surface area contributed by atoms with Crippen molar-refractivity contribution in [2.24, 2.45) is 0 Å². The molecule has 1 aromatic heterocycles. The summed E-state index contributed by atoms with van der Waals surface area (Å²) in [6.07, 6.45) is 0.225. The van der Waals surface area contributed by atoms with Gasteiger partial charge in [0.25, 0.3) is 0 Å². The van der Waals surface area contributed by atoms with Crippen LogP contribution in [0.15, 0.2) is 41.8 Å². The van der Waals surface area contributed by atoms with E-state index in [1.54, 1.807) is 14.2 Å². The number of aryl methyl sites for hydroxylation is 1. The smallest absolute Gasteiger partial charge is 0.230 e. The van der Waals surface area contributed by atoms with Gasteiger partial charge in [-0.25, -0.2) is 4.98 Å². The average molecular weight is 467 g/mol. The fraction of sp³-hybridized carbons (Fsp3) is 0.360. The van der Waals surface area contributed by atoms with Crippen molar-refractivity contribution in [3.8, 4) is 22.1 Å². The minimum Gasteiger partial charge on any atom is -0.493 e. The zero-order chi connectivity index (χ0) is 23.4. The van der Waals surface area contributed by atoms with Crippen molar-refractivity contribution in [3.63, 3.8) is 0 Å². The molecule has 1 N–H and O–H groups in total.